The van der Waals surface area contributed by atoms with Crippen LogP contribution < -0.4 is 4.72 Å². The minimum atomic E-state index is -3.33. The topological polar surface area (TPSA) is 66.5 Å². The van der Waals surface area contributed by atoms with Crippen LogP contribution >= 0.6 is 0 Å². The van der Waals surface area contributed by atoms with Crippen molar-refractivity contribution < 1.29 is 13.2 Å². The smallest absolute Gasteiger partial charge is 0.222 e. The van der Waals surface area contributed by atoms with Gasteiger partial charge in [-0.25, -0.2) is 13.1 Å². The van der Waals surface area contributed by atoms with Crippen LogP contribution in [-0.2, 0) is 27.7 Å². The standard InChI is InChI=1S/C24H30N2O3S/c1-30(28,29)25-22-14-15-26-23(22)17-18-8-7-11-20(16-18)21-12-6-5-10-19(21)9-3-2-4-13-24(26)27/h5-8,10-12,16,22-23,25H,2-4,9,13-15,17H2,1H3. The summed E-state index contributed by atoms with van der Waals surface area (Å²) in [5, 5.41) is 0. The highest BCUT2D eigenvalue weighted by atomic mass is 32.2. The molecular weight excluding hydrogens is 396 g/mol. The van der Waals surface area contributed by atoms with E-state index in [0.717, 1.165) is 31.2 Å². The Kier molecular flexibility index (Phi) is 6.25. The van der Waals surface area contributed by atoms with Gasteiger partial charge in [-0.15, -0.1) is 0 Å². The number of nitrogens with zero attached hydrogens (tertiary/aromatic N) is 1. The van der Waals surface area contributed by atoms with Crippen LogP contribution in [0.2, 0.25) is 0 Å². The second kappa shape index (κ2) is 8.90. The second-order valence-corrected chi connectivity index (χ2v) is 10.3. The maximum atomic E-state index is 12.9. The third-order valence-corrected chi connectivity index (χ3v) is 7.00. The molecule has 0 radical (unpaired) electrons. The molecule has 0 saturated carbocycles. The van der Waals surface area contributed by atoms with E-state index in [9.17, 15) is 13.2 Å². The fraction of sp³-hybridized carbons (Fsp3) is 0.458. The van der Waals surface area contributed by atoms with E-state index in [1.54, 1.807) is 0 Å². The van der Waals surface area contributed by atoms with Crippen LogP contribution in [-0.4, -0.2) is 44.1 Å². The van der Waals surface area contributed by atoms with Crippen molar-refractivity contribution in [2.45, 2.75) is 57.0 Å². The van der Waals surface area contributed by atoms with E-state index >= 15 is 0 Å². The Morgan fingerprint density at radius 2 is 1.80 bits per heavy atom. The zero-order chi connectivity index (χ0) is 21.1. The Labute approximate surface area is 179 Å². The number of fused-ring (bicyclic) bond motifs is 5. The summed E-state index contributed by atoms with van der Waals surface area (Å²) in [5.74, 6) is 0.145. The molecule has 2 aliphatic rings. The summed E-state index contributed by atoms with van der Waals surface area (Å²) in [7, 11) is -3.33. The third kappa shape index (κ3) is 4.93. The highest BCUT2D eigenvalue weighted by Gasteiger charge is 2.38. The number of aryl methyl sites for hydroxylation is 1. The van der Waals surface area contributed by atoms with Crippen molar-refractivity contribution in [3.05, 3.63) is 59.7 Å². The summed E-state index contributed by atoms with van der Waals surface area (Å²) in [6, 6.07) is 16.6. The van der Waals surface area contributed by atoms with Gasteiger partial charge in [0, 0.05) is 19.0 Å². The summed E-state index contributed by atoms with van der Waals surface area (Å²) in [4.78, 5) is 14.9. The first-order chi connectivity index (χ1) is 14.4. The summed E-state index contributed by atoms with van der Waals surface area (Å²) in [6.07, 6.45) is 7.00. The quantitative estimate of drug-likeness (QED) is 0.799. The Hall–Kier alpha value is -2.18. The molecule has 0 aliphatic carbocycles. The van der Waals surface area contributed by atoms with Gasteiger partial charge in [0.1, 0.15) is 0 Å². The molecule has 2 heterocycles. The van der Waals surface area contributed by atoms with E-state index in [2.05, 4.69) is 53.3 Å². The Bertz CT molecular complexity index is 1020. The van der Waals surface area contributed by atoms with Crippen LogP contribution in [0.25, 0.3) is 11.1 Å². The highest BCUT2D eigenvalue weighted by Crippen LogP contribution is 2.29. The monoisotopic (exact) mass is 426 g/mol. The number of amides is 1. The molecular formula is C24H30N2O3S. The summed E-state index contributed by atoms with van der Waals surface area (Å²) in [6.45, 7) is 0.610. The van der Waals surface area contributed by atoms with Crippen molar-refractivity contribution >= 4 is 15.9 Å². The van der Waals surface area contributed by atoms with Gasteiger partial charge in [-0.2, -0.15) is 0 Å². The minimum absolute atomic E-state index is 0.145. The molecule has 4 rings (SSSR count). The van der Waals surface area contributed by atoms with Gasteiger partial charge in [-0.3, -0.25) is 4.79 Å². The molecule has 30 heavy (non-hydrogen) atoms. The Morgan fingerprint density at radius 3 is 2.63 bits per heavy atom. The number of sulfonamides is 1. The molecule has 0 spiro atoms. The first-order valence-electron chi connectivity index (χ1n) is 10.8. The van der Waals surface area contributed by atoms with E-state index in [4.69, 9.17) is 0 Å². The fourth-order valence-corrected chi connectivity index (χ4v) is 5.69. The van der Waals surface area contributed by atoms with Crippen molar-refractivity contribution in [2.75, 3.05) is 12.8 Å². The van der Waals surface area contributed by atoms with Gasteiger partial charge >= 0.3 is 0 Å². The van der Waals surface area contributed by atoms with Crippen molar-refractivity contribution in [3.8, 4) is 11.1 Å². The van der Waals surface area contributed by atoms with Crippen molar-refractivity contribution in [3.63, 3.8) is 0 Å². The zero-order valence-corrected chi connectivity index (χ0v) is 18.3. The van der Waals surface area contributed by atoms with Crippen LogP contribution in [0.3, 0.4) is 0 Å². The molecule has 1 fully saturated rings. The first kappa shape index (κ1) is 21.1. The summed E-state index contributed by atoms with van der Waals surface area (Å²) in [5.41, 5.74) is 4.92. The van der Waals surface area contributed by atoms with Crippen LogP contribution in [0.4, 0.5) is 0 Å². The normalized spacial score (nSPS) is 22.8. The zero-order valence-electron chi connectivity index (χ0n) is 17.5. The number of carbonyl (C=O) groups excluding carboxylic acids is 1. The molecule has 1 saturated heterocycles. The van der Waals surface area contributed by atoms with Crippen LogP contribution in [0.1, 0.15) is 43.2 Å². The average Bonchev–Trinajstić information content (AvgIpc) is 3.08. The molecule has 2 bridgehead atoms. The van der Waals surface area contributed by atoms with Gasteiger partial charge in [0.2, 0.25) is 15.9 Å². The molecule has 1 amide bonds. The van der Waals surface area contributed by atoms with E-state index in [0.29, 0.717) is 25.8 Å². The van der Waals surface area contributed by atoms with E-state index in [1.807, 2.05) is 4.90 Å². The predicted octanol–water partition coefficient (Wildman–Crippen LogP) is 3.53. The van der Waals surface area contributed by atoms with Crippen molar-refractivity contribution in [1.29, 1.82) is 0 Å². The van der Waals surface area contributed by atoms with Crippen LogP contribution in [0.5, 0.6) is 0 Å². The fourth-order valence-electron chi connectivity index (χ4n) is 4.87. The molecule has 160 valence electrons. The van der Waals surface area contributed by atoms with Gasteiger partial charge in [-0.05, 0) is 54.4 Å². The average molecular weight is 427 g/mol. The van der Waals surface area contributed by atoms with Crippen molar-refractivity contribution in [1.82, 2.24) is 9.62 Å². The molecule has 2 aromatic carbocycles. The first-order valence-corrected chi connectivity index (χ1v) is 12.7. The SMILES string of the molecule is CS(=O)(=O)NC1CCN2C(=O)CCCCCc3ccccc3-c3cccc(c3)CC12. The Morgan fingerprint density at radius 1 is 1.00 bits per heavy atom. The number of hydrogen-bond acceptors (Lipinski definition) is 3. The van der Waals surface area contributed by atoms with Crippen LogP contribution in [0, 0.1) is 0 Å². The van der Waals surface area contributed by atoms with E-state index < -0.39 is 10.0 Å². The van der Waals surface area contributed by atoms with E-state index in [-0.39, 0.29) is 18.0 Å². The highest BCUT2D eigenvalue weighted by molar-refractivity contribution is 7.88. The molecule has 2 atom stereocenters. The van der Waals surface area contributed by atoms with Crippen LogP contribution in [0.15, 0.2) is 48.5 Å². The summed E-state index contributed by atoms with van der Waals surface area (Å²) < 4.78 is 26.6. The van der Waals surface area contributed by atoms with Gasteiger partial charge in [-0.1, -0.05) is 55.0 Å². The minimum Gasteiger partial charge on any atom is -0.338 e. The lowest BCUT2D eigenvalue weighted by Crippen LogP contribution is -2.47. The number of carbonyl (C=O) groups is 1. The van der Waals surface area contributed by atoms with Gasteiger partial charge in [0.25, 0.3) is 0 Å². The predicted molar refractivity (Wildman–Crippen MR) is 120 cm³/mol. The number of rotatable bonds is 2. The largest absolute Gasteiger partial charge is 0.338 e. The van der Waals surface area contributed by atoms with Gasteiger partial charge < -0.3 is 4.90 Å². The maximum Gasteiger partial charge on any atom is 0.222 e. The van der Waals surface area contributed by atoms with E-state index in [1.165, 1.54) is 22.9 Å². The molecule has 2 unspecified atom stereocenters. The molecule has 1 N–H and O–H groups in total. The third-order valence-electron chi connectivity index (χ3n) is 6.27. The Balaban J connectivity index is 1.71. The number of nitrogens with one attached hydrogen (secondary N) is 1. The second-order valence-electron chi connectivity index (χ2n) is 8.56. The lowest BCUT2D eigenvalue weighted by Gasteiger charge is -2.29. The molecule has 0 aromatic heterocycles. The lowest BCUT2D eigenvalue weighted by molar-refractivity contribution is -0.132. The molecule has 2 aromatic rings. The molecule has 5 nitrogen and oxygen atoms in total. The lowest BCUT2D eigenvalue weighted by atomic mass is 9.92. The number of benzene rings is 2. The maximum absolute atomic E-state index is 12.9. The molecule has 6 heteroatoms. The van der Waals surface area contributed by atoms with Gasteiger partial charge in [0.05, 0.1) is 12.3 Å². The van der Waals surface area contributed by atoms with Crippen molar-refractivity contribution in [2.24, 2.45) is 0 Å². The number of hydrogen-bond donors (Lipinski definition) is 1. The molecule has 2 aliphatic heterocycles. The summed E-state index contributed by atoms with van der Waals surface area (Å²) >= 11 is 0. The van der Waals surface area contributed by atoms with Gasteiger partial charge in [0.15, 0.2) is 0 Å².